The second kappa shape index (κ2) is 8.20. The number of thioether (sulfide) groups is 1. The Bertz CT molecular complexity index is 283. The molecule has 0 spiro atoms. The van der Waals surface area contributed by atoms with Gasteiger partial charge in [0.2, 0.25) is 0 Å². The van der Waals surface area contributed by atoms with Crippen LogP contribution < -0.4 is 10.6 Å². The third kappa shape index (κ3) is 6.70. The Morgan fingerprint density at radius 2 is 2.06 bits per heavy atom. The molecule has 1 fully saturated rings. The molecule has 18 heavy (non-hydrogen) atoms. The number of carboxylic acids is 1. The van der Waals surface area contributed by atoms with Gasteiger partial charge in [0, 0.05) is 43.7 Å². The maximum atomic E-state index is 11.4. The molecule has 0 saturated carbocycles. The Balaban J connectivity index is 2.07. The first-order valence-electron chi connectivity index (χ1n) is 6.14. The number of amides is 2. The van der Waals surface area contributed by atoms with E-state index >= 15 is 0 Å². The van der Waals surface area contributed by atoms with E-state index in [1.54, 1.807) is 6.92 Å². The monoisotopic (exact) mass is 275 g/mol. The number of aliphatic carboxylic acids is 1. The molecule has 0 aromatic carbocycles. The largest absolute Gasteiger partial charge is 0.481 e. The van der Waals surface area contributed by atoms with Crippen molar-refractivity contribution in [2.75, 3.05) is 37.7 Å². The van der Waals surface area contributed by atoms with Crippen molar-refractivity contribution < 1.29 is 14.7 Å². The first-order chi connectivity index (χ1) is 8.58. The molecule has 0 aromatic heterocycles. The summed E-state index contributed by atoms with van der Waals surface area (Å²) in [6.07, 6.45) is -0.0588. The molecule has 6 nitrogen and oxygen atoms in total. The number of carbonyl (C=O) groups excluding carboxylic acids is 1. The van der Waals surface area contributed by atoms with E-state index in [9.17, 15) is 9.59 Å². The zero-order valence-corrected chi connectivity index (χ0v) is 11.5. The van der Waals surface area contributed by atoms with Gasteiger partial charge >= 0.3 is 12.0 Å². The van der Waals surface area contributed by atoms with Crippen LogP contribution in [0.5, 0.6) is 0 Å². The zero-order chi connectivity index (χ0) is 13.4. The molecule has 0 aliphatic carbocycles. The number of nitrogens with one attached hydrogen (secondary N) is 2. The molecule has 7 heteroatoms. The number of nitrogens with zero attached hydrogens (tertiary/aromatic N) is 1. The van der Waals surface area contributed by atoms with Crippen LogP contribution in [0.1, 0.15) is 13.3 Å². The van der Waals surface area contributed by atoms with Crippen LogP contribution in [0.15, 0.2) is 0 Å². The van der Waals surface area contributed by atoms with Crippen LogP contribution in [0.2, 0.25) is 0 Å². The quantitative estimate of drug-likeness (QED) is 0.645. The molecular formula is C11H21N3O3S. The Morgan fingerprint density at radius 3 is 2.67 bits per heavy atom. The highest BCUT2D eigenvalue weighted by molar-refractivity contribution is 7.99. The summed E-state index contributed by atoms with van der Waals surface area (Å²) < 4.78 is 0. The summed E-state index contributed by atoms with van der Waals surface area (Å²) in [7, 11) is 0. The average molecular weight is 275 g/mol. The summed E-state index contributed by atoms with van der Waals surface area (Å²) in [6, 6.07) is -0.649. The molecule has 1 saturated heterocycles. The Morgan fingerprint density at radius 1 is 1.39 bits per heavy atom. The van der Waals surface area contributed by atoms with Crippen LogP contribution in [0.4, 0.5) is 4.79 Å². The predicted molar refractivity (Wildman–Crippen MR) is 72.0 cm³/mol. The topological polar surface area (TPSA) is 81.7 Å². The molecule has 1 unspecified atom stereocenters. The predicted octanol–water partition coefficient (Wildman–Crippen LogP) is 0.198. The zero-order valence-electron chi connectivity index (χ0n) is 10.6. The van der Waals surface area contributed by atoms with Gasteiger partial charge in [-0.25, -0.2) is 4.79 Å². The second-order valence-corrected chi connectivity index (χ2v) is 5.58. The van der Waals surface area contributed by atoms with Crippen LogP contribution in [0.3, 0.4) is 0 Å². The SMILES string of the molecule is CC(CC(=O)O)NC(=O)NCCN1CCSCC1. The Hall–Kier alpha value is -0.950. The lowest BCUT2D eigenvalue weighted by Crippen LogP contribution is -2.45. The molecule has 1 atom stereocenters. The van der Waals surface area contributed by atoms with E-state index in [1.165, 1.54) is 0 Å². The normalized spacial score (nSPS) is 18.1. The van der Waals surface area contributed by atoms with Gasteiger partial charge in [0.25, 0.3) is 0 Å². The van der Waals surface area contributed by atoms with Crippen molar-refractivity contribution >= 4 is 23.8 Å². The minimum Gasteiger partial charge on any atom is -0.481 e. The van der Waals surface area contributed by atoms with E-state index in [-0.39, 0.29) is 18.5 Å². The third-order valence-corrected chi connectivity index (χ3v) is 3.62. The van der Waals surface area contributed by atoms with E-state index in [0.717, 1.165) is 31.1 Å². The molecule has 104 valence electrons. The molecule has 1 heterocycles. The molecule has 0 radical (unpaired) electrons. The van der Waals surface area contributed by atoms with Crippen LogP contribution in [0, 0.1) is 0 Å². The number of rotatable bonds is 6. The van der Waals surface area contributed by atoms with Crippen molar-refractivity contribution in [2.45, 2.75) is 19.4 Å². The summed E-state index contributed by atoms with van der Waals surface area (Å²) in [5.74, 6) is 1.40. The second-order valence-electron chi connectivity index (χ2n) is 4.35. The summed E-state index contributed by atoms with van der Waals surface area (Å²) in [6.45, 7) is 5.26. The van der Waals surface area contributed by atoms with Crippen molar-refractivity contribution in [3.63, 3.8) is 0 Å². The molecule has 0 bridgehead atoms. The summed E-state index contributed by atoms with van der Waals surface area (Å²) in [5.41, 5.74) is 0. The van der Waals surface area contributed by atoms with Crippen molar-refractivity contribution in [3.8, 4) is 0 Å². The lowest BCUT2D eigenvalue weighted by atomic mass is 10.2. The van der Waals surface area contributed by atoms with Gasteiger partial charge in [0.1, 0.15) is 0 Å². The molecule has 2 amide bonds. The average Bonchev–Trinajstić information content (AvgIpc) is 2.29. The molecule has 1 aliphatic rings. The summed E-state index contributed by atoms with van der Waals surface area (Å²) in [4.78, 5) is 24.2. The van der Waals surface area contributed by atoms with Crippen LogP contribution in [-0.2, 0) is 4.79 Å². The van der Waals surface area contributed by atoms with E-state index in [0.29, 0.717) is 6.54 Å². The highest BCUT2D eigenvalue weighted by atomic mass is 32.2. The smallest absolute Gasteiger partial charge is 0.315 e. The van der Waals surface area contributed by atoms with Gasteiger partial charge in [0.05, 0.1) is 6.42 Å². The Labute approximate surface area is 111 Å². The fourth-order valence-electron chi connectivity index (χ4n) is 1.74. The highest BCUT2D eigenvalue weighted by Crippen LogP contribution is 2.07. The highest BCUT2D eigenvalue weighted by Gasteiger charge is 2.12. The summed E-state index contributed by atoms with van der Waals surface area (Å²) >= 11 is 1.96. The van der Waals surface area contributed by atoms with E-state index < -0.39 is 5.97 Å². The maximum absolute atomic E-state index is 11.4. The number of carbonyl (C=O) groups is 2. The molecular weight excluding hydrogens is 254 g/mol. The van der Waals surface area contributed by atoms with Gasteiger partial charge in [-0.05, 0) is 6.92 Å². The van der Waals surface area contributed by atoms with Gasteiger partial charge in [-0.2, -0.15) is 11.8 Å². The fraction of sp³-hybridized carbons (Fsp3) is 0.818. The van der Waals surface area contributed by atoms with Crippen LogP contribution in [-0.4, -0.2) is 65.7 Å². The van der Waals surface area contributed by atoms with Gasteiger partial charge in [-0.15, -0.1) is 0 Å². The van der Waals surface area contributed by atoms with E-state index in [4.69, 9.17) is 5.11 Å². The number of hydrogen-bond acceptors (Lipinski definition) is 4. The Kier molecular flexibility index (Phi) is 6.89. The fourth-order valence-corrected chi connectivity index (χ4v) is 2.72. The number of urea groups is 1. The van der Waals surface area contributed by atoms with Crippen molar-refractivity contribution in [2.24, 2.45) is 0 Å². The van der Waals surface area contributed by atoms with Gasteiger partial charge in [0.15, 0.2) is 0 Å². The minimum absolute atomic E-state index is 0.0588. The van der Waals surface area contributed by atoms with Crippen molar-refractivity contribution in [1.82, 2.24) is 15.5 Å². The lowest BCUT2D eigenvalue weighted by Gasteiger charge is -2.26. The first-order valence-corrected chi connectivity index (χ1v) is 7.29. The van der Waals surface area contributed by atoms with Crippen LogP contribution in [0.25, 0.3) is 0 Å². The maximum Gasteiger partial charge on any atom is 0.315 e. The first kappa shape index (κ1) is 15.1. The molecule has 3 N–H and O–H groups in total. The molecule has 1 rings (SSSR count). The number of carboxylic acid groups (broad SMARTS) is 1. The molecule has 0 aromatic rings. The minimum atomic E-state index is -0.909. The van der Waals surface area contributed by atoms with E-state index in [2.05, 4.69) is 15.5 Å². The van der Waals surface area contributed by atoms with Crippen LogP contribution >= 0.6 is 11.8 Å². The van der Waals surface area contributed by atoms with Gasteiger partial charge in [-0.1, -0.05) is 0 Å². The van der Waals surface area contributed by atoms with Crippen molar-refractivity contribution in [3.05, 3.63) is 0 Å². The van der Waals surface area contributed by atoms with Crippen molar-refractivity contribution in [1.29, 1.82) is 0 Å². The third-order valence-electron chi connectivity index (χ3n) is 2.68. The number of hydrogen-bond donors (Lipinski definition) is 3. The standard InChI is InChI=1S/C11H21N3O3S/c1-9(8-10(15)16)13-11(17)12-2-3-14-4-6-18-7-5-14/h9H,2-8H2,1H3,(H,15,16)(H2,12,13,17). The van der Waals surface area contributed by atoms with Gasteiger partial charge < -0.3 is 15.7 Å². The molecule has 1 aliphatic heterocycles. The van der Waals surface area contributed by atoms with E-state index in [1.807, 2.05) is 11.8 Å². The lowest BCUT2D eigenvalue weighted by molar-refractivity contribution is -0.137. The summed E-state index contributed by atoms with van der Waals surface area (Å²) in [5, 5.41) is 13.9. The van der Waals surface area contributed by atoms with Gasteiger partial charge in [-0.3, -0.25) is 9.69 Å².